The zero-order chi connectivity index (χ0) is 20.2. The van der Waals surface area contributed by atoms with E-state index in [2.05, 4.69) is 31.0 Å². The van der Waals surface area contributed by atoms with Crippen LogP contribution in [0.1, 0.15) is 21.5 Å². The predicted octanol–water partition coefficient (Wildman–Crippen LogP) is 5.87. The maximum absolute atomic E-state index is 12.8. The van der Waals surface area contributed by atoms with Gasteiger partial charge in [-0.15, -0.1) is 0 Å². The van der Waals surface area contributed by atoms with E-state index in [9.17, 15) is 4.79 Å². The number of rotatable bonds is 5. The molecule has 0 spiro atoms. The van der Waals surface area contributed by atoms with Gasteiger partial charge in [-0.1, -0.05) is 70.0 Å². The number of halogens is 2. The number of carbonyl (C=O) groups excluding carboxylic acids is 1. The molecule has 1 amide bonds. The van der Waals surface area contributed by atoms with Crippen LogP contribution in [-0.4, -0.2) is 16.7 Å². The number of benzene rings is 3. The van der Waals surface area contributed by atoms with E-state index in [1.54, 1.807) is 6.21 Å². The van der Waals surface area contributed by atoms with E-state index >= 15 is 0 Å². The van der Waals surface area contributed by atoms with Gasteiger partial charge in [0.05, 0.1) is 11.8 Å². The lowest BCUT2D eigenvalue weighted by Gasteiger charge is -2.05. The first-order chi connectivity index (χ1) is 14.1. The molecule has 0 saturated heterocycles. The Morgan fingerprint density at radius 3 is 2.52 bits per heavy atom. The number of amides is 1. The van der Waals surface area contributed by atoms with Crippen LogP contribution in [0.2, 0.25) is 5.02 Å². The summed E-state index contributed by atoms with van der Waals surface area (Å²) >= 11 is 9.38. The van der Waals surface area contributed by atoms with Gasteiger partial charge in [0.15, 0.2) is 0 Å². The van der Waals surface area contributed by atoms with Crippen molar-refractivity contribution < 1.29 is 4.79 Å². The van der Waals surface area contributed by atoms with E-state index in [0.717, 1.165) is 26.5 Å². The third kappa shape index (κ3) is 4.58. The number of hydrogen-bond donors (Lipinski definition) is 1. The molecule has 144 valence electrons. The lowest BCUT2D eigenvalue weighted by atomic mass is 10.1. The van der Waals surface area contributed by atoms with Crippen molar-refractivity contribution in [3.05, 3.63) is 105 Å². The third-order valence-electron chi connectivity index (χ3n) is 4.55. The standard InChI is InChI=1S/C23H17BrClN3O/c24-18-9-5-16(6-10-18)13-26-27-23(29)21-15-28(22-4-2-1-3-20(21)22)14-17-7-11-19(25)12-8-17/h1-13,15H,14H2,(H,27,29)/b26-13+. The van der Waals surface area contributed by atoms with Crippen molar-refractivity contribution in [1.82, 2.24) is 9.99 Å². The van der Waals surface area contributed by atoms with Crippen molar-refractivity contribution in [2.24, 2.45) is 5.10 Å². The Morgan fingerprint density at radius 1 is 1.03 bits per heavy atom. The molecule has 1 heterocycles. The average Bonchev–Trinajstić information content (AvgIpc) is 3.10. The molecule has 3 aromatic carbocycles. The number of nitrogens with zero attached hydrogens (tertiary/aromatic N) is 2. The van der Waals surface area contributed by atoms with Crippen LogP contribution in [0, 0.1) is 0 Å². The largest absolute Gasteiger partial charge is 0.342 e. The zero-order valence-corrected chi connectivity index (χ0v) is 17.7. The van der Waals surface area contributed by atoms with E-state index in [-0.39, 0.29) is 5.91 Å². The van der Waals surface area contributed by atoms with Crippen molar-refractivity contribution in [2.45, 2.75) is 6.54 Å². The molecule has 0 saturated carbocycles. The lowest BCUT2D eigenvalue weighted by Crippen LogP contribution is -2.17. The molecule has 4 rings (SSSR count). The lowest BCUT2D eigenvalue weighted by molar-refractivity contribution is 0.0956. The second-order valence-electron chi connectivity index (χ2n) is 6.56. The molecule has 6 heteroatoms. The van der Waals surface area contributed by atoms with Crippen molar-refractivity contribution in [3.63, 3.8) is 0 Å². The highest BCUT2D eigenvalue weighted by Crippen LogP contribution is 2.23. The fourth-order valence-electron chi connectivity index (χ4n) is 3.12. The first-order valence-electron chi connectivity index (χ1n) is 9.01. The average molecular weight is 467 g/mol. The summed E-state index contributed by atoms with van der Waals surface area (Å²) in [6.07, 6.45) is 3.49. The fourth-order valence-corrected chi connectivity index (χ4v) is 3.51. The molecule has 4 aromatic rings. The molecule has 4 nitrogen and oxygen atoms in total. The number of hydrogen-bond acceptors (Lipinski definition) is 2. The van der Waals surface area contributed by atoms with Crippen LogP contribution in [0.4, 0.5) is 0 Å². The van der Waals surface area contributed by atoms with Crippen LogP contribution in [0.25, 0.3) is 10.9 Å². The maximum atomic E-state index is 12.8. The SMILES string of the molecule is O=C(N/N=C/c1ccc(Br)cc1)c1cn(Cc2ccc(Cl)cc2)c2ccccc12. The van der Waals surface area contributed by atoms with E-state index < -0.39 is 0 Å². The molecular formula is C23H17BrClN3O. The molecule has 0 fully saturated rings. The summed E-state index contributed by atoms with van der Waals surface area (Å²) in [7, 11) is 0. The first-order valence-corrected chi connectivity index (χ1v) is 10.2. The zero-order valence-electron chi connectivity index (χ0n) is 15.3. The first kappa shape index (κ1) is 19.4. The Kier molecular flexibility index (Phi) is 5.79. The highest BCUT2D eigenvalue weighted by molar-refractivity contribution is 9.10. The van der Waals surface area contributed by atoms with Crippen molar-refractivity contribution in [3.8, 4) is 0 Å². The third-order valence-corrected chi connectivity index (χ3v) is 5.33. The molecule has 1 aromatic heterocycles. The second-order valence-corrected chi connectivity index (χ2v) is 7.92. The topological polar surface area (TPSA) is 46.4 Å². The van der Waals surface area contributed by atoms with Crippen LogP contribution in [-0.2, 0) is 6.54 Å². The Morgan fingerprint density at radius 2 is 1.76 bits per heavy atom. The molecular weight excluding hydrogens is 450 g/mol. The van der Waals surface area contributed by atoms with Crippen LogP contribution in [0.5, 0.6) is 0 Å². The Bertz CT molecular complexity index is 1180. The van der Waals surface area contributed by atoms with E-state index in [1.165, 1.54) is 0 Å². The van der Waals surface area contributed by atoms with Gasteiger partial charge >= 0.3 is 0 Å². The van der Waals surface area contributed by atoms with E-state index in [0.29, 0.717) is 17.1 Å². The molecule has 0 aliphatic carbocycles. The summed E-state index contributed by atoms with van der Waals surface area (Å²) < 4.78 is 3.05. The molecule has 1 N–H and O–H groups in total. The molecule has 0 unspecified atom stereocenters. The van der Waals surface area contributed by atoms with Gasteiger partial charge in [0.1, 0.15) is 0 Å². The van der Waals surface area contributed by atoms with Crippen LogP contribution in [0.15, 0.2) is 88.6 Å². The van der Waals surface area contributed by atoms with Crippen LogP contribution >= 0.6 is 27.5 Å². The molecule has 0 aliphatic heterocycles. The highest BCUT2D eigenvalue weighted by Gasteiger charge is 2.14. The number of hydrazone groups is 1. The van der Waals surface area contributed by atoms with Gasteiger partial charge in [-0.25, -0.2) is 5.43 Å². The number of fused-ring (bicyclic) bond motifs is 1. The van der Waals surface area contributed by atoms with Gasteiger partial charge < -0.3 is 4.57 Å². The Balaban J connectivity index is 1.57. The smallest absolute Gasteiger partial charge is 0.273 e. The summed E-state index contributed by atoms with van der Waals surface area (Å²) in [5.74, 6) is -0.246. The summed E-state index contributed by atoms with van der Waals surface area (Å²) in [5, 5.41) is 5.68. The van der Waals surface area contributed by atoms with Gasteiger partial charge in [0, 0.05) is 33.1 Å². The minimum Gasteiger partial charge on any atom is -0.342 e. The molecule has 0 radical (unpaired) electrons. The van der Waals surface area contributed by atoms with Gasteiger partial charge in [0.2, 0.25) is 0 Å². The monoisotopic (exact) mass is 465 g/mol. The summed E-state index contributed by atoms with van der Waals surface area (Å²) in [4.78, 5) is 12.8. The number of para-hydroxylation sites is 1. The van der Waals surface area contributed by atoms with Gasteiger partial charge in [-0.05, 0) is 41.5 Å². The van der Waals surface area contributed by atoms with Crippen molar-refractivity contribution in [2.75, 3.05) is 0 Å². The molecule has 0 aliphatic rings. The Hall–Kier alpha value is -2.89. The summed E-state index contributed by atoms with van der Waals surface area (Å²) in [5.41, 5.74) is 6.21. The summed E-state index contributed by atoms with van der Waals surface area (Å²) in [6, 6.07) is 23.2. The second kappa shape index (κ2) is 8.64. The van der Waals surface area contributed by atoms with Gasteiger partial charge in [-0.2, -0.15) is 5.10 Å². The van der Waals surface area contributed by atoms with Crippen molar-refractivity contribution in [1.29, 1.82) is 0 Å². The summed E-state index contributed by atoms with van der Waals surface area (Å²) in [6.45, 7) is 0.646. The number of nitrogens with one attached hydrogen (secondary N) is 1. The minimum atomic E-state index is -0.246. The minimum absolute atomic E-state index is 0.246. The molecule has 0 atom stereocenters. The van der Waals surface area contributed by atoms with Gasteiger partial charge in [-0.3, -0.25) is 4.79 Å². The molecule has 0 bridgehead atoms. The number of aromatic nitrogens is 1. The van der Waals surface area contributed by atoms with Crippen molar-refractivity contribution >= 4 is 50.6 Å². The van der Waals surface area contributed by atoms with Gasteiger partial charge in [0.25, 0.3) is 5.91 Å². The number of carbonyl (C=O) groups is 1. The normalized spacial score (nSPS) is 11.2. The maximum Gasteiger partial charge on any atom is 0.273 e. The van der Waals surface area contributed by atoms with E-state index in [1.807, 2.05) is 79.0 Å². The van der Waals surface area contributed by atoms with Crippen LogP contribution < -0.4 is 5.43 Å². The fraction of sp³-hybridized carbons (Fsp3) is 0.0435. The van der Waals surface area contributed by atoms with Crippen LogP contribution in [0.3, 0.4) is 0 Å². The quantitative estimate of drug-likeness (QED) is 0.290. The predicted molar refractivity (Wildman–Crippen MR) is 122 cm³/mol. The Labute approximate surface area is 181 Å². The van der Waals surface area contributed by atoms with E-state index in [4.69, 9.17) is 11.6 Å². The highest BCUT2D eigenvalue weighted by atomic mass is 79.9. The molecule has 29 heavy (non-hydrogen) atoms.